The average Bonchev–Trinajstić information content (AvgIpc) is 3.14. The summed E-state index contributed by atoms with van der Waals surface area (Å²) in [6.45, 7) is 4.46. The number of aryl methyl sites for hydroxylation is 2. The lowest BCUT2D eigenvalue weighted by Crippen LogP contribution is -2.41. The van der Waals surface area contributed by atoms with E-state index in [-0.39, 0.29) is 30.3 Å². The van der Waals surface area contributed by atoms with E-state index in [1.165, 1.54) is 4.90 Å². The minimum absolute atomic E-state index is 0.0185. The van der Waals surface area contributed by atoms with Gasteiger partial charge in [-0.1, -0.05) is 48.5 Å². The lowest BCUT2D eigenvalue weighted by molar-refractivity contribution is -0.136. The van der Waals surface area contributed by atoms with Crippen molar-refractivity contribution in [2.24, 2.45) is 5.92 Å². The highest BCUT2D eigenvalue weighted by molar-refractivity contribution is 5.96. The van der Waals surface area contributed by atoms with Gasteiger partial charge in [0.1, 0.15) is 0 Å². The summed E-state index contributed by atoms with van der Waals surface area (Å²) in [5.41, 5.74) is 10.1. The lowest BCUT2D eigenvalue weighted by atomic mass is 9.94. The molecule has 3 N–H and O–H groups in total. The molecule has 1 aliphatic heterocycles. The quantitative estimate of drug-likeness (QED) is 0.758. The van der Waals surface area contributed by atoms with Gasteiger partial charge >= 0.3 is 0 Å². The number of amides is 2. The van der Waals surface area contributed by atoms with Crippen LogP contribution in [-0.2, 0) is 9.59 Å². The van der Waals surface area contributed by atoms with Gasteiger partial charge in [0.2, 0.25) is 11.8 Å². The van der Waals surface area contributed by atoms with E-state index in [1.54, 1.807) is 7.05 Å². The third kappa shape index (κ3) is 4.35. The summed E-state index contributed by atoms with van der Waals surface area (Å²) in [4.78, 5) is 26.9. The predicted octanol–water partition coefficient (Wildman–Crippen LogP) is 2.17. The number of para-hydroxylation sites is 1. The van der Waals surface area contributed by atoms with Crippen molar-refractivity contribution in [1.29, 1.82) is 0 Å². The van der Waals surface area contributed by atoms with E-state index in [0.717, 1.165) is 22.4 Å². The van der Waals surface area contributed by atoms with Crippen LogP contribution in [0.5, 0.6) is 0 Å². The summed E-state index contributed by atoms with van der Waals surface area (Å²) in [5, 5.41) is 2.93. The standard InChI is InChI=1S/C21H26N4O2/c1-14-8-7-9-15(2)19(14)23-18(26)13-25(3)21(27)17-12-22-24-20(17)16-10-5-4-6-11-16/h4-11,17,20,22,24H,12-13H2,1-3H3,(H,23,26). The maximum Gasteiger partial charge on any atom is 0.243 e. The third-order valence-corrected chi connectivity index (χ3v) is 4.96. The van der Waals surface area contributed by atoms with Crippen molar-refractivity contribution < 1.29 is 9.59 Å². The molecule has 2 amide bonds. The maximum atomic E-state index is 12.9. The Labute approximate surface area is 159 Å². The number of likely N-dealkylation sites (N-methyl/N-ethyl adjacent to an activating group) is 1. The molecule has 2 atom stereocenters. The number of hydrogen-bond acceptors (Lipinski definition) is 4. The number of rotatable bonds is 5. The summed E-state index contributed by atoms with van der Waals surface area (Å²) in [5.74, 6) is -0.512. The summed E-state index contributed by atoms with van der Waals surface area (Å²) in [6.07, 6.45) is 0. The summed E-state index contributed by atoms with van der Waals surface area (Å²) in [6, 6.07) is 15.6. The largest absolute Gasteiger partial charge is 0.336 e. The number of nitrogens with one attached hydrogen (secondary N) is 3. The summed E-state index contributed by atoms with van der Waals surface area (Å²) < 4.78 is 0. The molecule has 2 aromatic rings. The Kier molecular flexibility index (Phi) is 5.88. The summed E-state index contributed by atoms with van der Waals surface area (Å²) in [7, 11) is 1.67. The minimum Gasteiger partial charge on any atom is -0.336 e. The molecule has 1 aliphatic rings. The number of hydrazine groups is 1. The fourth-order valence-corrected chi connectivity index (χ4v) is 3.47. The number of carbonyl (C=O) groups is 2. The minimum atomic E-state index is -0.259. The van der Waals surface area contributed by atoms with Crippen LogP contribution in [0.3, 0.4) is 0 Å². The summed E-state index contributed by atoms with van der Waals surface area (Å²) >= 11 is 0. The van der Waals surface area contributed by atoms with Gasteiger partial charge in [-0.3, -0.25) is 15.0 Å². The highest BCUT2D eigenvalue weighted by Crippen LogP contribution is 2.26. The molecule has 0 aromatic heterocycles. The predicted molar refractivity (Wildman–Crippen MR) is 106 cm³/mol. The molecule has 0 spiro atoms. The molecule has 3 rings (SSSR count). The van der Waals surface area contributed by atoms with Crippen molar-refractivity contribution >= 4 is 17.5 Å². The molecule has 2 unspecified atom stereocenters. The van der Waals surface area contributed by atoms with Gasteiger partial charge < -0.3 is 10.2 Å². The average molecular weight is 366 g/mol. The third-order valence-electron chi connectivity index (χ3n) is 4.96. The number of nitrogens with zero attached hydrogens (tertiary/aromatic N) is 1. The Balaban J connectivity index is 1.64. The maximum absolute atomic E-state index is 12.9. The molecule has 0 bridgehead atoms. The Morgan fingerprint density at radius 1 is 1.07 bits per heavy atom. The second-order valence-corrected chi connectivity index (χ2v) is 7.03. The zero-order valence-electron chi connectivity index (χ0n) is 16.0. The second kappa shape index (κ2) is 8.33. The topological polar surface area (TPSA) is 73.5 Å². The SMILES string of the molecule is Cc1cccc(C)c1NC(=O)CN(C)C(=O)C1CNNC1c1ccccc1. The van der Waals surface area contributed by atoms with Crippen LogP contribution in [0.25, 0.3) is 0 Å². The first-order valence-corrected chi connectivity index (χ1v) is 9.11. The van der Waals surface area contributed by atoms with Crippen molar-refractivity contribution in [2.45, 2.75) is 19.9 Å². The van der Waals surface area contributed by atoms with E-state index in [4.69, 9.17) is 0 Å². The van der Waals surface area contributed by atoms with Crippen LogP contribution >= 0.6 is 0 Å². The molecule has 1 heterocycles. The van der Waals surface area contributed by atoms with Gasteiger partial charge in [0, 0.05) is 19.3 Å². The highest BCUT2D eigenvalue weighted by Gasteiger charge is 2.35. The van der Waals surface area contributed by atoms with Crippen LogP contribution in [0.4, 0.5) is 5.69 Å². The molecule has 1 fully saturated rings. The van der Waals surface area contributed by atoms with Crippen LogP contribution in [0.15, 0.2) is 48.5 Å². The molecule has 0 saturated carbocycles. The van der Waals surface area contributed by atoms with Crippen LogP contribution < -0.4 is 16.2 Å². The Morgan fingerprint density at radius 2 is 1.74 bits per heavy atom. The molecular weight excluding hydrogens is 340 g/mol. The molecule has 2 aromatic carbocycles. The van der Waals surface area contributed by atoms with Crippen molar-refractivity contribution in [3.8, 4) is 0 Å². The van der Waals surface area contributed by atoms with Crippen molar-refractivity contribution in [3.05, 3.63) is 65.2 Å². The Morgan fingerprint density at radius 3 is 2.41 bits per heavy atom. The number of anilines is 1. The van der Waals surface area contributed by atoms with Crippen molar-refractivity contribution in [3.63, 3.8) is 0 Å². The van der Waals surface area contributed by atoms with Crippen LogP contribution in [0, 0.1) is 19.8 Å². The Bertz CT molecular complexity index is 802. The van der Waals surface area contributed by atoms with Gasteiger partial charge in [-0.25, -0.2) is 5.43 Å². The zero-order valence-corrected chi connectivity index (χ0v) is 16.0. The van der Waals surface area contributed by atoms with Gasteiger partial charge in [0.15, 0.2) is 0 Å². The molecule has 0 radical (unpaired) electrons. The lowest BCUT2D eigenvalue weighted by Gasteiger charge is -2.24. The van der Waals surface area contributed by atoms with Crippen molar-refractivity contribution in [2.75, 3.05) is 25.5 Å². The first-order chi connectivity index (χ1) is 13.0. The van der Waals surface area contributed by atoms with E-state index < -0.39 is 0 Å². The number of carbonyl (C=O) groups excluding carboxylic acids is 2. The van der Waals surface area contributed by atoms with Gasteiger partial charge in [-0.2, -0.15) is 0 Å². The first-order valence-electron chi connectivity index (χ1n) is 9.11. The van der Waals surface area contributed by atoms with E-state index in [1.807, 2.05) is 62.4 Å². The van der Waals surface area contributed by atoms with E-state index in [0.29, 0.717) is 6.54 Å². The molecule has 27 heavy (non-hydrogen) atoms. The van der Waals surface area contributed by atoms with E-state index in [2.05, 4.69) is 16.2 Å². The van der Waals surface area contributed by atoms with Crippen molar-refractivity contribution in [1.82, 2.24) is 15.8 Å². The molecule has 0 aliphatic carbocycles. The molecule has 1 saturated heterocycles. The normalized spacial score (nSPS) is 18.9. The molecular formula is C21H26N4O2. The molecule has 6 heteroatoms. The van der Waals surface area contributed by atoms with Gasteiger partial charge in [-0.15, -0.1) is 0 Å². The fraction of sp³-hybridized carbons (Fsp3) is 0.333. The van der Waals surface area contributed by atoms with E-state index in [9.17, 15) is 9.59 Å². The van der Waals surface area contributed by atoms with Gasteiger partial charge in [0.25, 0.3) is 0 Å². The molecule has 142 valence electrons. The highest BCUT2D eigenvalue weighted by atomic mass is 16.2. The zero-order chi connectivity index (χ0) is 19.4. The second-order valence-electron chi connectivity index (χ2n) is 7.03. The van der Waals surface area contributed by atoms with Crippen LogP contribution in [-0.4, -0.2) is 36.9 Å². The van der Waals surface area contributed by atoms with Crippen LogP contribution in [0.2, 0.25) is 0 Å². The fourth-order valence-electron chi connectivity index (χ4n) is 3.47. The number of benzene rings is 2. The molecule has 6 nitrogen and oxygen atoms in total. The van der Waals surface area contributed by atoms with Crippen LogP contribution in [0.1, 0.15) is 22.7 Å². The van der Waals surface area contributed by atoms with Gasteiger partial charge in [-0.05, 0) is 30.5 Å². The number of hydrogen-bond donors (Lipinski definition) is 3. The Hall–Kier alpha value is -2.70. The smallest absolute Gasteiger partial charge is 0.243 e. The monoisotopic (exact) mass is 366 g/mol. The van der Waals surface area contributed by atoms with E-state index >= 15 is 0 Å². The first kappa shape index (κ1) is 19.1. The van der Waals surface area contributed by atoms with Gasteiger partial charge in [0.05, 0.1) is 18.5 Å².